The molecule has 0 aromatic heterocycles. The molecule has 0 aliphatic carbocycles. The molecule has 0 fully saturated rings. The number of fused-ring (bicyclic) bond motifs is 1. The van der Waals surface area contributed by atoms with Crippen LogP contribution in [0.15, 0.2) is 18.2 Å². The van der Waals surface area contributed by atoms with Gasteiger partial charge in [0, 0.05) is 24.8 Å². The summed E-state index contributed by atoms with van der Waals surface area (Å²) < 4.78 is 0. The van der Waals surface area contributed by atoms with E-state index in [-0.39, 0.29) is 5.91 Å². The topological polar surface area (TPSA) is 44.4 Å². The van der Waals surface area contributed by atoms with Crippen LogP contribution in [0.3, 0.4) is 0 Å². The van der Waals surface area contributed by atoms with Crippen molar-refractivity contribution in [2.75, 3.05) is 31.1 Å². The molecule has 0 saturated heterocycles. The van der Waals surface area contributed by atoms with Crippen molar-refractivity contribution in [3.63, 3.8) is 0 Å². The molecule has 110 valence electrons. The van der Waals surface area contributed by atoms with Crippen LogP contribution in [0.2, 0.25) is 0 Å². The second kappa shape index (κ2) is 6.75. The Morgan fingerprint density at radius 2 is 2.15 bits per heavy atom. The van der Waals surface area contributed by atoms with E-state index in [2.05, 4.69) is 47.6 Å². The van der Waals surface area contributed by atoms with Crippen molar-refractivity contribution in [3.8, 4) is 0 Å². The van der Waals surface area contributed by atoms with Crippen molar-refractivity contribution in [2.45, 2.75) is 33.2 Å². The number of carbonyl (C=O) groups excluding carboxylic acids is 1. The van der Waals surface area contributed by atoms with Crippen LogP contribution >= 0.6 is 0 Å². The Balaban J connectivity index is 2.08. The number of nitrogens with zero attached hydrogens (tertiary/aromatic N) is 1. The van der Waals surface area contributed by atoms with Crippen molar-refractivity contribution in [1.82, 2.24) is 10.6 Å². The van der Waals surface area contributed by atoms with Crippen LogP contribution in [0.4, 0.5) is 5.69 Å². The van der Waals surface area contributed by atoms with Crippen LogP contribution in [0, 0.1) is 0 Å². The fourth-order valence-corrected chi connectivity index (χ4v) is 2.77. The average molecular weight is 275 g/mol. The fraction of sp³-hybridized carbons (Fsp3) is 0.562. The summed E-state index contributed by atoms with van der Waals surface area (Å²) in [4.78, 5) is 13.9. The van der Waals surface area contributed by atoms with Crippen LogP contribution in [0.25, 0.3) is 0 Å². The first-order valence-corrected chi connectivity index (χ1v) is 7.53. The zero-order valence-corrected chi connectivity index (χ0v) is 12.7. The lowest BCUT2D eigenvalue weighted by Crippen LogP contribution is -2.36. The number of nitrogens with one attached hydrogen (secondary N) is 2. The number of hydrogen-bond acceptors (Lipinski definition) is 3. The normalized spacial score (nSPS) is 15.1. The average Bonchev–Trinajstić information content (AvgIpc) is 2.82. The second-order valence-electron chi connectivity index (χ2n) is 5.29. The molecule has 1 aliphatic heterocycles. The lowest BCUT2D eigenvalue weighted by atomic mass is 10.0. The van der Waals surface area contributed by atoms with Crippen molar-refractivity contribution < 1.29 is 4.79 Å². The lowest BCUT2D eigenvalue weighted by molar-refractivity contribution is -0.119. The molecule has 20 heavy (non-hydrogen) atoms. The Hall–Kier alpha value is -1.55. The third-order valence-electron chi connectivity index (χ3n) is 3.81. The van der Waals surface area contributed by atoms with Crippen LogP contribution in [0.1, 0.15) is 37.9 Å². The fourth-order valence-electron chi connectivity index (χ4n) is 2.77. The van der Waals surface area contributed by atoms with Gasteiger partial charge in [-0.25, -0.2) is 0 Å². The minimum absolute atomic E-state index is 0.102. The highest BCUT2D eigenvalue weighted by atomic mass is 16.2. The Kier molecular flexibility index (Phi) is 5.01. The molecule has 2 N–H and O–H groups in total. The molecule has 0 radical (unpaired) electrons. The summed E-state index contributed by atoms with van der Waals surface area (Å²) in [5.74, 6) is 0.102. The maximum atomic E-state index is 11.7. The number of likely N-dealkylation sites (N-methyl/N-ethyl adjacent to an activating group) is 1. The molecule has 1 unspecified atom stereocenters. The molecular formula is C16H25N3O. The summed E-state index contributed by atoms with van der Waals surface area (Å²) in [6, 6.07) is 6.98. The lowest BCUT2D eigenvalue weighted by Gasteiger charge is -2.19. The van der Waals surface area contributed by atoms with Crippen molar-refractivity contribution in [1.29, 1.82) is 0 Å². The van der Waals surface area contributed by atoms with Crippen LogP contribution < -0.4 is 15.5 Å². The molecule has 2 rings (SSSR count). The maximum Gasteiger partial charge on any atom is 0.239 e. The number of anilines is 1. The van der Waals surface area contributed by atoms with Gasteiger partial charge >= 0.3 is 0 Å². The molecular weight excluding hydrogens is 250 g/mol. The largest absolute Gasteiger partial charge is 0.362 e. The van der Waals surface area contributed by atoms with Gasteiger partial charge in [-0.05, 0) is 44.0 Å². The highest BCUT2D eigenvalue weighted by molar-refractivity contribution is 5.82. The van der Waals surface area contributed by atoms with E-state index in [1.165, 1.54) is 16.8 Å². The van der Waals surface area contributed by atoms with Gasteiger partial charge in [0.1, 0.15) is 0 Å². The van der Waals surface area contributed by atoms with Gasteiger partial charge in [0.25, 0.3) is 0 Å². The molecule has 4 nitrogen and oxygen atoms in total. The van der Waals surface area contributed by atoms with E-state index in [9.17, 15) is 4.79 Å². The van der Waals surface area contributed by atoms with Crippen molar-refractivity contribution in [2.24, 2.45) is 0 Å². The van der Waals surface area contributed by atoms with Crippen LogP contribution in [-0.2, 0) is 11.2 Å². The number of amides is 1. The quantitative estimate of drug-likeness (QED) is 0.833. The molecule has 1 amide bonds. The van der Waals surface area contributed by atoms with Crippen LogP contribution in [-0.4, -0.2) is 32.1 Å². The predicted octanol–water partition coefficient (Wildman–Crippen LogP) is 1.86. The van der Waals surface area contributed by atoms with Gasteiger partial charge in [0.2, 0.25) is 5.91 Å². The standard InChI is InChI=1S/C16H25N3O/c1-4-17-12(3)13-6-7-15-14(10-13)8-9-19(15)11-16(20)18-5-2/h6-7,10,12,17H,4-5,8-9,11H2,1-3H3,(H,18,20). The third kappa shape index (κ3) is 3.31. The van der Waals surface area contributed by atoms with E-state index in [1.54, 1.807) is 0 Å². The Bertz CT molecular complexity index is 473. The highest BCUT2D eigenvalue weighted by Crippen LogP contribution is 2.30. The van der Waals surface area contributed by atoms with Gasteiger partial charge in [-0.2, -0.15) is 0 Å². The van der Waals surface area contributed by atoms with E-state index < -0.39 is 0 Å². The monoisotopic (exact) mass is 275 g/mol. The summed E-state index contributed by atoms with van der Waals surface area (Å²) in [5.41, 5.74) is 3.89. The summed E-state index contributed by atoms with van der Waals surface area (Å²) in [7, 11) is 0. The zero-order chi connectivity index (χ0) is 14.5. The summed E-state index contributed by atoms with van der Waals surface area (Å²) in [6.45, 7) is 9.32. The van der Waals surface area contributed by atoms with Gasteiger partial charge in [-0.3, -0.25) is 4.79 Å². The predicted molar refractivity (Wildman–Crippen MR) is 83.1 cm³/mol. The smallest absolute Gasteiger partial charge is 0.239 e. The first-order valence-electron chi connectivity index (χ1n) is 7.53. The molecule has 4 heteroatoms. The summed E-state index contributed by atoms with van der Waals surface area (Å²) in [6.07, 6.45) is 1.03. The molecule has 0 saturated carbocycles. The van der Waals surface area contributed by atoms with Gasteiger partial charge < -0.3 is 15.5 Å². The Morgan fingerprint density at radius 1 is 1.35 bits per heavy atom. The Labute approximate surface area is 121 Å². The first-order chi connectivity index (χ1) is 9.65. The molecule has 1 aromatic carbocycles. The van der Waals surface area contributed by atoms with E-state index in [0.717, 1.165) is 19.5 Å². The van der Waals surface area contributed by atoms with Crippen LogP contribution in [0.5, 0.6) is 0 Å². The molecule has 1 heterocycles. The molecule has 0 spiro atoms. The van der Waals surface area contributed by atoms with Gasteiger partial charge in [-0.15, -0.1) is 0 Å². The van der Waals surface area contributed by atoms with E-state index in [4.69, 9.17) is 0 Å². The minimum atomic E-state index is 0.102. The molecule has 1 aromatic rings. The molecule has 1 atom stereocenters. The highest BCUT2D eigenvalue weighted by Gasteiger charge is 2.21. The first kappa shape index (κ1) is 14.9. The van der Waals surface area contributed by atoms with Crippen molar-refractivity contribution in [3.05, 3.63) is 29.3 Å². The molecule has 0 bridgehead atoms. The maximum absolute atomic E-state index is 11.7. The second-order valence-corrected chi connectivity index (χ2v) is 5.29. The van der Waals surface area contributed by atoms with Gasteiger partial charge in [0.05, 0.1) is 6.54 Å². The van der Waals surface area contributed by atoms with Gasteiger partial charge in [0.15, 0.2) is 0 Å². The third-order valence-corrected chi connectivity index (χ3v) is 3.81. The van der Waals surface area contributed by atoms with E-state index in [0.29, 0.717) is 19.1 Å². The zero-order valence-electron chi connectivity index (χ0n) is 12.7. The van der Waals surface area contributed by atoms with E-state index >= 15 is 0 Å². The SMILES string of the molecule is CCNC(=O)CN1CCc2cc(C(C)NCC)ccc21. The Morgan fingerprint density at radius 3 is 2.85 bits per heavy atom. The number of rotatable bonds is 6. The van der Waals surface area contributed by atoms with Gasteiger partial charge in [-0.1, -0.05) is 19.1 Å². The number of hydrogen-bond donors (Lipinski definition) is 2. The number of benzene rings is 1. The van der Waals surface area contributed by atoms with E-state index in [1.807, 2.05) is 6.92 Å². The minimum Gasteiger partial charge on any atom is -0.362 e. The van der Waals surface area contributed by atoms with Crippen molar-refractivity contribution >= 4 is 11.6 Å². The summed E-state index contributed by atoms with van der Waals surface area (Å²) in [5, 5.41) is 6.29. The summed E-state index contributed by atoms with van der Waals surface area (Å²) >= 11 is 0. The number of carbonyl (C=O) groups is 1. The molecule has 1 aliphatic rings.